The maximum absolute atomic E-state index is 8.88. The predicted molar refractivity (Wildman–Crippen MR) is 81.4 cm³/mol. The standard InChI is InChI=1S/C16H19BrN2O/c17-14-3-1-2-12(10-19-13-4-5-13)15(14)20-11-16(6-7-16)8-9-18/h1-3,13,19H,4-8,10-11H2. The van der Waals surface area contributed by atoms with E-state index in [0.29, 0.717) is 19.1 Å². The Morgan fingerprint density at radius 3 is 2.85 bits per heavy atom. The van der Waals surface area contributed by atoms with Crippen molar-refractivity contribution >= 4 is 15.9 Å². The Morgan fingerprint density at radius 1 is 1.40 bits per heavy atom. The van der Waals surface area contributed by atoms with Crippen LogP contribution >= 0.6 is 15.9 Å². The molecule has 1 N–H and O–H groups in total. The third kappa shape index (κ3) is 3.34. The number of ether oxygens (including phenoxy) is 1. The molecule has 0 bridgehead atoms. The van der Waals surface area contributed by atoms with Gasteiger partial charge >= 0.3 is 0 Å². The Balaban J connectivity index is 1.65. The average Bonchev–Trinajstić information content (AvgIpc) is 3.32. The molecule has 0 heterocycles. The van der Waals surface area contributed by atoms with Crippen molar-refractivity contribution in [2.75, 3.05) is 6.61 Å². The highest BCUT2D eigenvalue weighted by Gasteiger charge is 2.43. The van der Waals surface area contributed by atoms with Crippen molar-refractivity contribution in [2.45, 2.75) is 44.7 Å². The Bertz CT molecular complexity index is 530. The molecule has 0 amide bonds. The quantitative estimate of drug-likeness (QED) is 0.825. The van der Waals surface area contributed by atoms with Gasteiger partial charge in [0.1, 0.15) is 5.75 Å². The van der Waals surface area contributed by atoms with Crippen molar-refractivity contribution in [2.24, 2.45) is 5.41 Å². The second kappa shape index (κ2) is 5.75. The number of hydrogen-bond acceptors (Lipinski definition) is 3. The van der Waals surface area contributed by atoms with Crippen molar-refractivity contribution in [3.63, 3.8) is 0 Å². The third-order valence-corrected chi connectivity index (χ3v) is 4.77. The monoisotopic (exact) mass is 334 g/mol. The molecule has 1 aromatic carbocycles. The largest absolute Gasteiger partial charge is 0.491 e. The number of nitriles is 1. The minimum atomic E-state index is 0.116. The van der Waals surface area contributed by atoms with Gasteiger partial charge in [-0.15, -0.1) is 0 Å². The minimum absolute atomic E-state index is 0.116. The van der Waals surface area contributed by atoms with E-state index in [2.05, 4.69) is 33.4 Å². The summed E-state index contributed by atoms with van der Waals surface area (Å²) >= 11 is 3.58. The van der Waals surface area contributed by atoms with Crippen molar-refractivity contribution in [1.82, 2.24) is 5.32 Å². The summed E-state index contributed by atoms with van der Waals surface area (Å²) < 4.78 is 7.06. The number of nitrogens with one attached hydrogen (secondary N) is 1. The lowest BCUT2D eigenvalue weighted by Crippen LogP contribution is -2.18. The minimum Gasteiger partial charge on any atom is -0.491 e. The van der Waals surface area contributed by atoms with Crippen LogP contribution in [0.25, 0.3) is 0 Å². The molecular formula is C16H19BrN2O. The molecule has 0 aromatic heterocycles. The molecule has 2 aliphatic rings. The van der Waals surface area contributed by atoms with Gasteiger partial charge < -0.3 is 10.1 Å². The summed E-state index contributed by atoms with van der Waals surface area (Å²) in [6.07, 6.45) is 5.40. The zero-order valence-electron chi connectivity index (χ0n) is 11.5. The second-order valence-electron chi connectivity index (χ2n) is 6.01. The highest BCUT2D eigenvalue weighted by atomic mass is 79.9. The molecule has 106 valence electrons. The fourth-order valence-electron chi connectivity index (χ4n) is 2.34. The number of rotatable bonds is 7. The lowest BCUT2D eigenvalue weighted by molar-refractivity contribution is 0.233. The van der Waals surface area contributed by atoms with Crippen LogP contribution in [0.2, 0.25) is 0 Å². The maximum atomic E-state index is 8.88. The molecule has 0 saturated heterocycles. The van der Waals surface area contributed by atoms with Crippen LogP contribution in [0.5, 0.6) is 5.75 Å². The van der Waals surface area contributed by atoms with Gasteiger partial charge in [0.05, 0.1) is 17.1 Å². The average molecular weight is 335 g/mol. The summed E-state index contributed by atoms with van der Waals surface area (Å²) in [6, 6.07) is 9.14. The molecule has 0 spiro atoms. The van der Waals surface area contributed by atoms with Crippen LogP contribution < -0.4 is 10.1 Å². The molecule has 0 aliphatic heterocycles. The van der Waals surface area contributed by atoms with Gasteiger partial charge in [-0.2, -0.15) is 5.26 Å². The van der Waals surface area contributed by atoms with E-state index in [4.69, 9.17) is 10.00 Å². The fraction of sp³-hybridized carbons (Fsp3) is 0.562. The lowest BCUT2D eigenvalue weighted by atomic mass is 10.1. The molecule has 0 atom stereocenters. The van der Waals surface area contributed by atoms with E-state index in [9.17, 15) is 0 Å². The number of halogens is 1. The Hall–Kier alpha value is -1.05. The SMILES string of the molecule is N#CCC1(COc2c(Br)cccc2CNC2CC2)CC1. The molecule has 4 heteroatoms. The third-order valence-electron chi connectivity index (χ3n) is 4.14. The maximum Gasteiger partial charge on any atom is 0.137 e. The van der Waals surface area contributed by atoms with Crippen LogP contribution in [0.3, 0.4) is 0 Å². The van der Waals surface area contributed by atoms with E-state index in [1.165, 1.54) is 18.4 Å². The molecular weight excluding hydrogens is 316 g/mol. The highest BCUT2D eigenvalue weighted by Crippen LogP contribution is 2.49. The van der Waals surface area contributed by atoms with Gasteiger partial charge in [-0.05, 0) is 47.7 Å². The molecule has 2 fully saturated rings. The first kappa shape index (κ1) is 13.9. The van der Waals surface area contributed by atoms with E-state index in [1.54, 1.807) is 0 Å². The normalized spacial score (nSPS) is 19.4. The Kier molecular flexibility index (Phi) is 4.00. The van der Waals surface area contributed by atoms with Crippen LogP contribution in [-0.2, 0) is 6.54 Å². The van der Waals surface area contributed by atoms with E-state index >= 15 is 0 Å². The topological polar surface area (TPSA) is 45.0 Å². The second-order valence-corrected chi connectivity index (χ2v) is 6.86. The van der Waals surface area contributed by atoms with Gasteiger partial charge in [-0.1, -0.05) is 12.1 Å². The van der Waals surface area contributed by atoms with Crippen molar-refractivity contribution in [3.8, 4) is 11.8 Å². The smallest absolute Gasteiger partial charge is 0.137 e. The van der Waals surface area contributed by atoms with Crippen LogP contribution in [0.1, 0.15) is 37.7 Å². The van der Waals surface area contributed by atoms with Crippen LogP contribution in [0, 0.1) is 16.7 Å². The molecule has 3 rings (SSSR count). The van der Waals surface area contributed by atoms with E-state index < -0.39 is 0 Å². The van der Waals surface area contributed by atoms with Crippen molar-refractivity contribution < 1.29 is 4.74 Å². The van der Waals surface area contributed by atoms with Gasteiger partial charge in [0.15, 0.2) is 0 Å². The van der Waals surface area contributed by atoms with Gasteiger partial charge in [0.2, 0.25) is 0 Å². The predicted octanol–water partition coefficient (Wildman–Crippen LogP) is 3.77. The molecule has 0 radical (unpaired) electrons. The fourth-order valence-corrected chi connectivity index (χ4v) is 2.86. The molecule has 3 nitrogen and oxygen atoms in total. The summed E-state index contributed by atoms with van der Waals surface area (Å²) in [5.41, 5.74) is 1.31. The van der Waals surface area contributed by atoms with Crippen LogP contribution in [0.4, 0.5) is 0 Å². The number of para-hydroxylation sites is 1. The molecule has 2 saturated carbocycles. The number of hydrogen-bond donors (Lipinski definition) is 1. The van der Waals surface area contributed by atoms with Crippen LogP contribution in [0.15, 0.2) is 22.7 Å². The van der Waals surface area contributed by atoms with Crippen molar-refractivity contribution in [3.05, 3.63) is 28.2 Å². The first-order valence-electron chi connectivity index (χ1n) is 7.23. The number of benzene rings is 1. The summed E-state index contributed by atoms with van der Waals surface area (Å²) in [7, 11) is 0. The summed E-state index contributed by atoms with van der Waals surface area (Å²) in [4.78, 5) is 0. The van der Waals surface area contributed by atoms with Gasteiger partial charge in [-0.3, -0.25) is 0 Å². The summed E-state index contributed by atoms with van der Waals surface area (Å²) in [5, 5.41) is 12.4. The summed E-state index contributed by atoms with van der Waals surface area (Å²) in [6.45, 7) is 1.50. The molecule has 2 aliphatic carbocycles. The van der Waals surface area contributed by atoms with Crippen LogP contribution in [-0.4, -0.2) is 12.6 Å². The zero-order valence-corrected chi connectivity index (χ0v) is 13.1. The first-order valence-corrected chi connectivity index (χ1v) is 8.02. The molecule has 0 unspecified atom stereocenters. The molecule has 1 aromatic rings. The summed E-state index contributed by atoms with van der Waals surface area (Å²) in [5.74, 6) is 0.935. The lowest BCUT2D eigenvalue weighted by Gasteiger charge is -2.17. The number of nitrogens with zero attached hydrogens (tertiary/aromatic N) is 1. The van der Waals surface area contributed by atoms with E-state index in [1.807, 2.05) is 12.1 Å². The van der Waals surface area contributed by atoms with E-state index in [0.717, 1.165) is 29.6 Å². The van der Waals surface area contributed by atoms with Gasteiger partial charge in [0, 0.05) is 30.0 Å². The first-order chi connectivity index (χ1) is 9.72. The zero-order chi connectivity index (χ0) is 14.0. The Labute approximate surface area is 128 Å². The highest BCUT2D eigenvalue weighted by molar-refractivity contribution is 9.10. The van der Waals surface area contributed by atoms with E-state index in [-0.39, 0.29) is 5.41 Å². The Morgan fingerprint density at radius 2 is 2.20 bits per heavy atom. The van der Waals surface area contributed by atoms with Gasteiger partial charge in [-0.25, -0.2) is 0 Å². The van der Waals surface area contributed by atoms with Crippen molar-refractivity contribution in [1.29, 1.82) is 5.26 Å². The van der Waals surface area contributed by atoms with Gasteiger partial charge in [0.25, 0.3) is 0 Å². The molecule has 20 heavy (non-hydrogen) atoms.